The minimum absolute atomic E-state index is 0.114. The lowest BCUT2D eigenvalue weighted by atomic mass is 10.1. The van der Waals surface area contributed by atoms with Crippen molar-refractivity contribution in [2.75, 3.05) is 16.8 Å². The van der Waals surface area contributed by atoms with Gasteiger partial charge in [-0.25, -0.2) is 0 Å². The Kier molecular flexibility index (Phi) is 5.71. The highest BCUT2D eigenvalue weighted by atomic mass is 16.2. The third-order valence-electron chi connectivity index (χ3n) is 4.85. The molecule has 0 radical (unpaired) electrons. The predicted octanol–water partition coefficient (Wildman–Crippen LogP) is 4.72. The minimum atomic E-state index is -0.114. The average Bonchev–Trinajstić information content (AvgIpc) is 3.06. The standard InChI is InChI=1S/C22H26N2O2/c1-3-4-6-17-8-10-18(11-9-17)22(26)23-19-12-13-20(16(2)15-19)24-14-5-7-21(24)25/h8-13,15H,3-7,14H2,1-2H3,(H,23,26). The largest absolute Gasteiger partial charge is 0.322 e. The lowest BCUT2D eigenvalue weighted by molar-refractivity contribution is -0.117. The van der Waals surface area contributed by atoms with Crippen LogP contribution < -0.4 is 10.2 Å². The second kappa shape index (κ2) is 8.17. The van der Waals surface area contributed by atoms with Crippen molar-refractivity contribution in [1.82, 2.24) is 0 Å². The zero-order valence-electron chi connectivity index (χ0n) is 15.5. The third kappa shape index (κ3) is 4.13. The van der Waals surface area contributed by atoms with Gasteiger partial charge in [0.25, 0.3) is 5.91 Å². The number of nitrogens with one attached hydrogen (secondary N) is 1. The van der Waals surface area contributed by atoms with Crippen LogP contribution in [0.15, 0.2) is 42.5 Å². The Morgan fingerprint density at radius 1 is 1.15 bits per heavy atom. The lowest BCUT2D eigenvalue weighted by Gasteiger charge is -2.19. The lowest BCUT2D eigenvalue weighted by Crippen LogP contribution is -2.24. The zero-order valence-corrected chi connectivity index (χ0v) is 15.5. The van der Waals surface area contributed by atoms with Gasteiger partial charge >= 0.3 is 0 Å². The van der Waals surface area contributed by atoms with Crippen LogP contribution in [-0.2, 0) is 11.2 Å². The third-order valence-corrected chi connectivity index (χ3v) is 4.85. The van der Waals surface area contributed by atoms with E-state index in [0.29, 0.717) is 12.0 Å². The van der Waals surface area contributed by atoms with Crippen molar-refractivity contribution in [2.24, 2.45) is 0 Å². The number of nitrogens with zero attached hydrogens (tertiary/aromatic N) is 1. The fraction of sp³-hybridized carbons (Fsp3) is 0.364. The molecule has 136 valence electrons. The summed E-state index contributed by atoms with van der Waals surface area (Å²) in [5.41, 5.74) is 4.59. The number of hydrogen-bond acceptors (Lipinski definition) is 2. The fourth-order valence-corrected chi connectivity index (χ4v) is 3.35. The normalized spacial score (nSPS) is 13.9. The number of carbonyl (C=O) groups is 2. The summed E-state index contributed by atoms with van der Waals surface area (Å²) >= 11 is 0. The Morgan fingerprint density at radius 2 is 1.92 bits per heavy atom. The molecule has 2 amide bonds. The van der Waals surface area contributed by atoms with E-state index in [1.807, 2.05) is 54.3 Å². The van der Waals surface area contributed by atoms with Crippen LogP contribution >= 0.6 is 0 Å². The molecule has 1 saturated heterocycles. The molecule has 0 bridgehead atoms. The number of rotatable bonds is 6. The summed E-state index contributed by atoms with van der Waals surface area (Å²) < 4.78 is 0. The molecule has 1 aliphatic rings. The minimum Gasteiger partial charge on any atom is -0.322 e. The van der Waals surface area contributed by atoms with E-state index in [0.717, 1.165) is 42.7 Å². The van der Waals surface area contributed by atoms with Crippen molar-refractivity contribution < 1.29 is 9.59 Å². The molecule has 4 nitrogen and oxygen atoms in total. The zero-order chi connectivity index (χ0) is 18.5. The first-order chi connectivity index (χ1) is 12.6. The number of hydrogen-bond donors (Lipinski definition) is 1. The summed E-state index contributed by atoms with van der Waals surface area (Å²) in [6.07, 6.45) is 4.91. The molecule has 2 aromatic carbocycles. The smallest absolute Gasteiger partial charge is 0.255 e. The van der Waals surface area contributed by atoms with Gasteiger partial charge in [-0.05, 0) is 67.6 Å². The molecule has 0 saturated carbocycles. The van der Waals surface area contributed by atoms with E-state index in [1.54, 1.807) is 0 Å². The first-order valence-electron chi connectivity index (χ1n) is 9.40. The monoisotopic (exact) mass is 350 g/mol. The molecular weight excluding hydrogens is 324 g/mol. The Labute approximate surface area is 155 Å². The van der Waals surface area contributed by atoms with Crippen LogP contribution in [-0.4, -0.2) is 18.4 Å². The Morgan fingerprint density at radius 3 is 2.54 bits per heavy atom. The molecular formula is C22H26N2O2. The Balaban J connectivity index is 1.67. The van der Waals surface area contributed by atoms with Crippen LogP contribution in [0, 0.1) is 6.92 Å². The quantitative estimate of drug-likeness (QED) is 0.820. The van der Waals surface area contributed by atoms with E-state index in [-0.39, 0.29) is 11.8 Å². The maximum absolute atomic E-state index is 12.5. The first-order valence-corrected chi connectivity index (χ1v) is 9.40. The van der Waals surface area contributed by atoms with Gasteiger partial charge in [-0.2, -0.15) is 0 Å². The van der Waals surface area contributed by atoms with Gasteiger partial charge in [0.2, 0.25) is 5.91 Å². The van der Waals surface area contributed by atoms with Gasteiger partial charge in [-0.3, -0.25) is 9.59 Å². The van der Waals surface area contributed by atoms with E-state index in [4.69, 9.17) is 0 Å². The molecule has 0 spiro atoms. The fourth-order valence-electron chi connectivity index (χ4n) is 3.35. The van der Waals surface area contributed by atoms with Crippen LogP contribution in [0.5, 0.6) is 0 Å². The van der Waals surface area contributed by atoms with Gasteiger partial charge in [0, 0.05) is 29.9 Å². The van der Waals surface area contributed by atoms with Crippen LogP contribution in [0.1, 0.15) is 54.1 Å². The Hall–Kier alpha value is -2.62. The maximum Gasteiger partial charge on any atom is 0.255 e. The van der Waals surface area contributed by atoms with Crippen LogP contribution in [0.3, 0.4) is 0 Å². The molecule has 4 heteroatoms. The van der Waals surface area contributed by atoms with Crippen molar-refractivity contribution >= 4 is 23.2 Å². The van der Waals surface area contributed by atoms with E-state index in [1.165, 1.54) is 12.0 Å². The summed E-state index contributed by atoms with van der Waals surface area (Å²) in [6.45, 7) is 4.92. The van der Waals surface area contributed by atoms with Crippen molar-refractivity contribution in [3.63, 3.8) is 0 Å². The molecule has 0 unspecified atom stereocenters. The highest BCUT2D eigenvalue weighted by Crippen LogP contribution is 2.27. The first kappa shape index (κ1) is 18.2. The van der Waals surface area contributed by atoms with E-state index in [2.05, 4.69) is 12.2 Å². The summed E-state index contributed by atoms with van der Waals surface area (Å²) in [4.78, 5) is 26.2. The van der Waals surface area contributed by atoms with Crippen LogP contribution in [0.2, 0.25) is 0 Å². The van der Waals surface area contributed by atoms with E-state index >= 15 is 0 Å². The number of amides is 2. The SMILES string of the molecule is CCCCc1ccc(C(=O)Nc2ccc(N3CCCC3=O)c(C)c2)cc1. The maximum atomic E-state index is 12.5. The number of anilines is 2. The Bertz CT molecular complexity index is 796. The molecule has 0 atom stereocenters. The molecule has 2 aromatic rings. The number of unbranched alkanes of at least 4 members (excludes halogenated alkanes) is 1. The van der Waals surface area contributed by atoms with Crippen molar-refractivity contribution in [2.45, 2.75) is 46.0 Å². The molecule has 1 heterocycles. The predicted molar refractivity (Wildman–Crippen MR) is 106 cm³/mol. The summed E-state index contributed by atoms with van der Waals surface area (Å²) in [7, 11) is 0. The van der Waals surface area contributed by atoms with E-state index in [9.17, 15) is 9.59 Å². The average molecular weight is 350 g/mol. The second-order valence-corrected chi connectivity index (χ2v) is 6.90. The molecule has 1 aliphatic heterocycles. The van der Waals surface area contributed by atoms with Gasteiger partial charge in [0.1, 0.15) is 0 Å². The number of benzene rings is 2. The number of aryl methyl sites for hydroxylation is 2. The van der Waals surface area contributed by atoms with Gasteiger partial charge in [-0.1, -0.05) is 25.5 Å². The highest BCUT2D eigenvalue weighted by molar-refractivity contribution is 6.04. The highest BCUT2D eigenvalue weighted by Gasteiger charge is 2.23. The molecule has 3 rings (SSSR count). The van der Waals surface area contributed by atoms with Crippen molar-refractivity contribution in [3.8, 4) is 0 Å². The molecule has 0 aliphatic carbocycles. The van der Waals surface area contributed by atoms with Gasteiger partial charge < -0.3 is 10.2 Å². The molecule has 0 aromatic heterocycles. The molecule has 1 fully saturated rings. The van der Waals surface area contributed by atoms with Gasteiger partial charge in [0.05, 0.1) is 0 Å². The summed E-state index contributed by atoms with van der Waals surface area (Å²) in [5.74, 6) is 0.0597. The van der Waals surface area contributed by atoms with Crippen LogP contribution in [0.4, 0.5) is 11.4 Å². The van der Waals surface area contributed by atoms with Crippen molar-refractivity contribution in [1.29, 1.82) is 0 Å². The summed E-state index contributed by atoms with van der Waals surface area (Å²) in [6, 6.07) is 13.5. The van der Waals surface area contributed by atoms with Gasteiger partial charge in [0.15, 0.2) is 0 Å². The van der Waals surface area contributed by atoms with Gasteiger partial charge in [-0.15, -0.1) is 0 Å². The number of carbonyl (C=O) groups excluding carboxylic acids is 2. The molecule has 1 N–H and O–H groups in total. The second-order valence-electron chi connectivity index (χ2n) is 6.90. The van der Waals surface area contributed by atoms with Crippen molar-refractivity contribution in [3.05, 3.63) is 59.2 Å². The summed E-state index contributed by atoms with van der Waals surface area (Å²) in [5, 5.41) is 2.95. The van der Waals surface area contributed by atoms with Crippen LogP contribution in [0.25, 0.3) is 0 Å². The topological polar surface area (TPSA) is 49.4 Å². The van der Waals surface area contributed by atoms with E-state index < -0.39 is 0 Å². The molecule has 26 heavy (non-hydrogen) atoms.